The molecule has 3 rings (SSSR count). The van der Waals surface area contributed by atoms with Crippen LogP contribution in [0.5, 0.6) is 5.75 Å². The van der Waals surface area contributed by atoms with Crippen LogP contribution in [0.15, 0.2) is 24.3 Å². The second kappa shape index (κ2) is 5.33. The molecular formula is C15H22BrN2O+. The number of benzene rings is 1. The van der Waals surface area contributed by atoms with Gasteiger partial charge in [0.1, 0.15) is 10.7 Å². The fourth-order valence-electron chi connectivity index (χ4n) is 3.41. The molecule has 0 saturated carbocycles. The van der Waals surface area contributed by atoms with Crippen LogP contribution in [0.1, 0.15) is 12.8 Å². The van der Waals surface area contributed by atoms with Crippen LogP contribution in [-0.2, 0) is 0 Å². The molecule has 0 amide bonds. The van der Waals surface area contributed by atoms with Gasteiger partial charge in [0, 0.05) is 18.5 Å². The van der Waals surface area contributed by atoms with Crippen LogP contribution in [0, 0.1) is 0 Å². The van der Waals surface area contributed by atoms with Crippen molar-refractivity contribution >= 4 is 21.6 Å². The van der Waals surface area contributed by atoms with Gasteiger partial charge in [-0.05, 0) is 40.2 Å². The van der Waals surface area contributed by atoms with Gasteiger partial charge in [-0.25, -0.2) is 0 Å². The van der Waals surface area contributed by atoms with Crippen molar-refractivity contribution in [3.8, 4) is 5.75 Å². The first-order chi connectivity index (χ1) is 9.23. The van der Waals surface area contributed by atoms with E-state index in [0.717, 1.165) is 18.8 Å². The molecule has 4 heteroatoms. The van der Waals surface area contributed by atoms with Crippen molar-refractivity contribution < 1.29 is 9.22 Å². The van der Waals surface area contributed by atoms with Crippen LogP contribution in [-0.4, -0.2) is 49.3 Å². The minimum atomic E-state index is 0.686. The Morgan fingerprint density at radius 3 is 2.37 bits per heavy atom. The standard InChI is InChI=1S/C15H22BrN2O/c1-19-14-6-4-13(5-7-14)17-8-11-18(12-9-17)10-2-3-15(18)16/h4-7,15H,2-3,8-12H2,1H3/q+1. The largest absolute Gasteiger partial charge is 0.497 e. The first-order valence-corrected chi connectivity index (χ1v) is 8.04. The van der Waals surface area contributed by atoms with E-state index in [0.29, 0.717) is 4.95 Å². The summed E-state index contributed by atoms with van der Waals surface area (Å²) in [5.74, 6) is 0.935. The number of ether oxygens (including phenoxy) is 1. The van der Waals surface area contributed by atoms with Crippen LogP contribution in [0.3, 0.4) is 0 Å². The van der Waals surface area contributed by atoms with Gasteiger partial charge in [-0.1, -0.05) is 0 Å². The molecule has 0 aliphatic carbocycles. The van der Waals surface area contributed by atoms with Crippen molar-refractivity contribution in [1.82, 2.24) is 0 Å². The van der Waals surface area contributed by atoms with Crippen molar-refractivity contribution in [3.05, 3.63) is 24.3 Å². The number of rotatable bonds is 2. The predicted molar refractivity (Wildman–Crippen MR) is 82.0 cm³/mol. The van der Waals surface area contributed by atoms with Crippen LogP contribution in [0.4, 0.5) is 5.69 Å². The molecule has 1 atom stereocenters. The number of hydrogen-bond acceptors (Lipinski definition) is 2. The van der Waals surface area contributed by atoms with E-state index in [2.05, 4.69) is 45.1 Å². The predicted octanol–water partition coefficient (Wildman–Crippen LogP) is 2.85. The molecule has 1 aromatic rings. The van der Waals surface area contributed by atoms with Crippen LogP contribution >= 0.6 is 15.9 Å². The van der Waals surface area contributed by atoms with Crippen molar-refractivity contribution in [2.45, 2.75) is 17.8 Å². The molecule has 3 nitrogen and oxygen atoms in total. The SMILES string of the molecule is COc1ccc(N2CC[N+]3(CCCC3Br)CC2)cc1. The van der Waals surface area contributed by atoms with Crippen LogP contribution in [0.25, 0.3) is 0 Å². The van der Waals surface area contributed by atoms with E-state index in [-0.39, 0.29) is 0 Å². The first-order valence-electron chi connectivity index (χ1n) is 7.12. The third-order valence-electron chi connectivity index (χ3n) is 4.71. The highest BCUT2D eigenvalue weighted by atomic mass is 79.9. The van der Waals surface area contributed by atoms with Gasteiger partial charge < -0.3 is 14.1 Å². The Morgan fingerprint density at radius 1 is 1.16 bits per heavy atom. The summed E-state index contributed by atoms with van der Waals surface area (Å²) in [5.41, 5.74) is 1.32. The molecule has 2 saturated heterocycles. The van der Waals surface area contributed by atoms with E-state index in [1.807, 2.05) is 0 Å². The van der Waals surface area contributed by atoms with E-state index < -0.39 is 0 Å². The molecule has 104 valence electrons. The van der Waals surface area contributed by atoms with Gasteiger partial charge in [0.25, 0.3) is 0 Å². The Kier molecular flexibility index (Phi) is 3.72. The normalized spacial score (nSPS) is 25.8. The molecule has 0 aromatic heterocycles. The maximum absolute atomic E-state index is 5.22. The molecule has 2 aliphatic rings. The Balaban J connectivity index is 1.66. The van der Waals surface area contributed by atoms with Crippen molar-refractivity contribution in [3.63, 3.8) is 0 Å². The highest BCUT2D eigenvalue weighted by Crippen LogP contribution is 2.33. The highest BCUT2D eigenvalue weighted by molar-refractivity contribution is 9.09. The Morgan fingerprint density at radius 2 is 1.84 bits per heavy atom. The lowest BCUT2D eigenvalue weighted by molar-refractivity contribution is -0.925. The fraction of sp³-hybridized carbons (Fsp3) is 0.600. The number of quaternary nitrogens is 1. The molecule has 1 unspecified atom stereocenters. The molecule has 2 heterocycles. The summed E-state index contributed by atoms with van der Waals surface area (Å²) >= 11 is 3.89. The Hall–Kier alpha value is -0.740. The van der Waals surface area contributed by atoms with Gasteiger partial charge in [0.15, 0.2) is 0 Å². The lowest BCUT2D eigenvalue weighted by Crippen LogP contribution is -2.60. The third kappa shape index (κ3) is 2.48. The van der Waals surface area contributed by atoms with Gasteiger partial charge in [-0.3, -0.25) is 0 Å². The molecule has 2 fully saturated rings. The zero-order chi connectivity index (χ0) is 13.3. The van der Waals surface area contributed by atoms with Gasteiger partial charge in [-0.15, -0.1) is 0 Å². The van der Waals surface area contributed by atoms with E-state index in [1.54, 1.807) is 7.11 Å². The number of alkyl halides is 1. The molecule has 0 N–H and O–H groups in total. The van der Waals surface area contributed by atoms with E-state index in [9.17, 15) is 0 Å². The molecule has 2 aliphatic heterocycles. The Bertz CT molecular complexity index is 426. The molecule has 1 spiro atoms. The maximum Gasteiger partial charge on any atom is 0.144 e. The molecule has 0 radical (unpaired) electrons. The molecule has 0 bridgehead atoms. The highest BCUT2D eigenvalue weighted by Gasteiger charge is 2.42. The van der Waals surface area contributed by atoms with Crippen molar-refractivity contribution in [1.29, 1.82) is 0 Å². The van der Waals surface area contributed by atoms with Gasteiger partial charge in [0.05, 0.1) is 39.8 Å². The monoisotopic (exact) mass is 325 g/mol. The van der Waals surface area contributed by atoms with Gasteiger partial charge >= 0.3 is 0 Å². The van der Waals surface area contributed by atoms with Gasteiger partial charge in [-0.2, -0.15) is 0 Å². The van der Waals surface area contributed by atoms with Crippen molar-refractivity contribution in [2.24, 2.45) is 0 Å². The number of halogens is 1. The van der Waals surface area contributed by atoms with E-state index >= 15 is 0 Å². The smallest absolute Gasteiger partial charge is 0.144 e. The summed E-state index contributed by atoms with van der Waals surface area (Å²) in [5, 5.41) is 0. The number of piperazine rings is 1. The lowest BCUT2D eigenvalue weighted by Gasteiger charge is -2.45. The minimum Gasteiger partial charge on any atom is -0.497 e. The first kappa shape index (κ1) is 13.3. The zero-order valence-corrected chi connectivity index (χ0v) is 13.1. The summed E-state index contributed by atoms with van der Waals surface area (Å²) < 4.78 is 6.50. The number of methoxy groups -OCH3 is 1. The topological polar surface area (TPSA) is 12.5 Å². The average molecular weight is 326 g/mol. The van der Waals surface area contributed by atoms with E-state index in [4.69, 9.17) is 4.74 Å². The Labute approximate surface area is 123 Å². The number of nitrogens with zero attached hydrogens (tertiary/aromatic N) is 2. The minimum absolute atomic E-state index is 0.686. The summed E-state index contributed by atoms with van der Waals surface area (Å²) in [6.07, 6.45) is 2.71. The summed E-state index contributed by atoms with van der Waals surface area (Å²) in [6.45, 7) is 6.21. The van der Waals surface area contributed by atoms with Crippen LogP contribution < -0.4 is 9.64 Å². The van der Waals surface area contributed by atoms with Gasteiger partial charge in [0.2, 0.25) is 0 Å². The summed E-state index contributed by atoms with van der Waals surface area (Å²) in [7, 11) is 1.72. The van der Waals surface area contributed by atoms with Crippen molar-refractivity contribution in [2.75, 3.05) is 44.7 Å². The van der Waals surface area contributed by atoms with Crippen LogP contribution in [0.2, 0.25) is 0 Å². The quantitative estimate of drug-likeness (QED) is 0.471. The number of hydrogen-bond donors (Lipinski definition) is 0. The molecule has 19 heavy (non-hydrogen) atoms. The average Bonchev–Trinajstić information content (AvgIpc) is 2.81. The zero-order valence-electron chi connectivity index (χ0n) is 11.5. The lowest BCUT2D eigenvalue weighted by atomic mass is 10.2. The maximum atomic E-state index is 5.22. The number of anilines is 1. The summed E-state index contributed by atoms with van der Waals surface area (Å²) in [4.78, 5) is 3.19. The second-order valence-electron chi connectivity index (χ2n) is 5.65. The molecule has 1 aromatic carbocycles. The van der Waals surface area contributed by atoms with E-state index in [1.165, 1.54) is 42.6 Å². The fourth-order valence-corrected chi connectivity index (χ4v) is 4.34. The molecular weight excluding hydrogens is 304 g/mol. The second-order valence-corrected chi connectivity index (χ2v) is 6.71. The third-order valence-corrected chi connectivity index (χ3v) is 6.03. The summed E-state index contributed by atoms with van der Waals surface area (Å²) in [6, 6.07) is 8.45.